The number of thiophene rings is 1. The molecular weight excluding hydrogens is 376 g/mol. The zero-order valence-corrected chi connectivity index (χ0v) is 16.8. The van der Waals surface area contributed by atoms with E-state index in [1.165, 1.54) is 15.3 Å². The van der Waals surface area contributed by atoms with E-state index in [1.54, 1.807) is 36.6 Å². The first-order valence-corrected chi connectivity index (χ1v) is 10.3. The predicted octanol–water partition coefficient (Wildman–Crippen LogP) is 3.14. The first-order valence-electron chi connectivity index (χ1n) is 9.39. The van der Waals surface area contributed by atoms with Crippen LogP contribution in [0.15, 0.2) is 29.6 Å². The van der Waals surface area contributed by atoms with E-state index in [4.69, 9.17) is 4.74 Å². The number of imide groups is 1. The van der Waals surface area contributed by atoms with Gasteiger partial charge in [0, 0.05) is 37.2 Å². The number of carbonyl (C=O) groups is 3. The molecule has 0 aliphatic carbocycles. The summed E-state index contributed by atoms with van der Waals surface area (Å²) in [5.41, 5.74) is 2.32. The van der Waals surface area contributed by atoms with Gasteiger partial charge in [0.15, 0.2) is 0 Å². The fraction of sp³-hybridized carbons (Fsp3) is 0.381. The molecule has 0 saturated carbocycles. The van der Waals surface area contributed by atoms with Crippen LogP contribution in [0, 0.1) is 0 Å². The van der Waals surface area contributed by atoms with Crippen LogP contribution in [0.2, 0.25) is 0 Å². The van der Waals surface area contributed by atoms with Crippen LogP contribution in [-0.2, 0) is 11.2 Å². The highest BCUT2D eigenvalue weighted by Gasteiger charge is 2.36. The zero-order chi connectivity index (χ0) is 19.8. The number of nitrogens with zero attached hydrogens (tertiary/aromatic N) is 2. The number of carbonyl (C=O) groups excluding carboxylic acids is 3. The molecule has 0 radical (unpaired) electrons. The van der Waals surface area contributed by atoms with Crippen molar-refractivity contribution in [2.24, 2.45) is 0 Å². The van der Waals surface area contributed by atoms with E-state index in [1.807, 2.05) is 11.8 Å². The molecule has 4 rings (SSSR count). The van der Waals surface area contributed by atoms with E-state index >= 15 is 0 Å². The number of methoxy groups -OCH3 is 1. The van der Waals surface area contributed by atoms with Gasteiger partial charge in [0.05, 0.1) is 17.2 Å². The van der Waals surface area contributed by atoms with Crippen LogP contribution in [0.4, 0.5) is 0 Å². The Morgan fingerprint density at radius 2 is 2.00 bits per heavy atom. The average molecular weight is 398 g/mol. The van der Waals surface area contributed by atoms with Gasteiger partial charge in [-0.25, -0.2) is 0 Å². The summed E-state index contributed by atoms with van der Waals surface area (Å²) < 4.78 is 5.00. The van der Waals surface area contributed by atoms with Crippen molar-refractivity contribution in [1.82, 2.24) is 9.80 Å². The fourth-order valence-electron chi connectivity index (χ4n) is 3.95. The second kappa shape index (κ2) is 7.48. The van der Waals surface area contributed by atoms with Crippen molar-refractivity contribution in [3.8, 4) is 0 Å². The molecule has 0 bridgehead atoms. The Bertz CT molecular complexity index is 952. The summed E-state index contributed by atoms with van der Waals surface area (Å²) in [6.45, 7) is 3.48. The van der Waals surface area contributed by atoms with Crippen molar-refractivity contribution in [3.63, 3.8) is 0 Å². The van der Waals surface area contributed by atoms with Crippen LogP contribution in [0.5, 0.6) is 0 Å². The lowest BCUT2D eigenvalue weighted by molar-refractivity contribution is 0.0637. The minimum absolute atomic E-state index is 0.00127. The molecule has 0 N–H and O–H groups in total. The second-order valence-electron chi connectivity index (χ2n) is 7.09. The van der Waals surface area contributed by atoms with E-state index in [9.17, 15) is 14.4 Å². The number of amides is 3. The van der Waals surface area contributed by atoms with Gasteiger partial charge in [-0.2, -0.15) is 0 Å². The Morgan fingerprint density at radius 1 is 1.21 bits per heavy atom. The maximum absolute atomic E-state index is 13.1. The normalized spacial score (nSPS) is 18.4. The predicted molar refractivity (Wildman–Crippen MR) is 106 cm³/mol. The van der Waals surface area contributed by atoms with Crippen molar-refractivity contribution in [1.29, 1.82) is 0 Å². The van der Waals surface area contributed by atoms with Crippen LogP contribution in [0.3, 0.4) is 0 Å². The number of hydrogen-bond donors (Lipinski definition) is 0. The van der Waals surface area contributed by atoms with Gasteiger partial charge in [-0.1, -0.05) is 0 Å². The van der Waals surface area contributed by atoms with Gasteiger partial charge in [-0.05, 0) is 55.0 Å². The summed E-state index contributed by atoms with van der Waals surface area (Å²) in [6.07, 6.45) is 1.43. The molecule has 6 nitrogen and oxygen atoms in total. The highest BCUT2D eigenvalue weighted by molar-refractivity contribution is 7.10. The zero-order valence-electron chi connectivity index (χ0n) is 15.9. The van der Waals surface area contributed by atoms with Crippen molar-refractivity contribution in [3.05, 3.63) is 56.8 Å². The summed E-state index contributed by atoms with van der Waals surface area (Å²) in [5, 5.41) is 2.06. The molecule has 2 aliphatic heterocycles. The molecule has 2 aliphatic rings. The molecule has 0 spiro atoms. The average Bonchev–Trinajstić information content (AvgIpc) is 3.27. The van der Waals surface area contributed by atoms with Crippen molar-refractivity contribution >= 4 is 29.1 Å². The highest BCUT2D eigenvalue weighted by Crippen LogP contribution is 2.34. The molecule has 1 atom stereocenters. The van der Waals surface area contributed by atoms with Crippen LogP contribution >= 0.6 is 11.3 Å². The Kier molecular flexibility index (Phi) is 5.03. The van der Waals surface area contributed by atoms with Gasteiger partial charge in [0.25, 0.3) is 17.7 Å². The lowest BCUT2D eigenvalue weighted by atomic mass is 9.99. The third-order valence-corrected chi connectivity index (χ3v) is 6.48. The first-order chi connectivity index (χ1) is 13.5. The lowest BCUT2D eigenvalue weighted by Crippen LogP contribution is -2.38. The molecule has 3 heterocycles. The monoisotopic (exact) mass is 398 g/mol. The van der Waals surface area contributed by atoms with Crippen LogP contribution in [0.1, 0.15) is 60.9 Å². The molecule has 1 aromatic heterocycles. The molecule has 28 heavy (non-hydrogen) atoms. The summed E-state index contributed by atoms with van der Waals surface area (Å²) >= 11 is 1.73. The lowest BCUT2D eigenvalue weighted by Gasteiger charge is -2.33. The van der Waals surface area contributed by atoms with Crippen LogP contribution < -0.4 is 0 Å². The standard InChI is InChI=1S/C21H22N2O4S/c1-13-15-7-11-28-18(15)6-9-22(13)19(24)14-4-5-16-17(12-14)21(26)23(20(16)25)8-3-10-27-2/h4-5,7,11-13H,3,6,8-10H2,1-2H3. The minimum Gasteiger partial charge on any atom is -0.385 e. The Labute approximate surface area is 167 Å². The molecule has 0 saturated heterocycles. The van der Waals surface area contributed by atoms with Crippen LogP contribution in [0.25, 0.3) is 0 Å². The van der Waals surface area contributed by atoms with Gasteiger partial charge in [-0.15, -0.1) is 11.3 Å². The van der Waals surface area contributed by atoms with E-state index in [-0.39, 0.29) is 23.8 Å². The quantitative estimate of drug-likeness (QED) is 0.573. The number of fused-ring (bicyclic) bond motifs is 2. The molecule has 1 aromatic carbocycles. The van der Waals surface area contributed by atoms with Crippen molar-refractivity contribution in [2.45, 2.75) is 25.8 Å². The van der Waals surface area contributed by atoms with E-state index in [0.29, 0.717) is 42.8 Å². The number of benzene rings is 1. The first kappa shape index (κ1) is 18.8. The number of ether oxygens (including phenoxy) is 1. The van der Waals surface area contributed by atoms with E-state index in [2.05, 4.69) is 11.4 Å². The topological polar surface area (TPSA) is 66.9 Å². The smallest absolute Gasteiger partial charge is 0.261 e. The van der Waals surface area contributed by atoms with Crippen LogP contribution in [-0.4, -0.2) is 54.3 Å². The van der Waals surface area contributed by atoms with Gasteiger partial charge in [0.1, 0.15) is 0 Å². The van der Waals surface area contributed by atoms with E-state index in [0.717, 1.165) is 6.42 Å². The third-order valence-electron chi connectivity index (χ3n) is 5.49. The molecule has 2 aromatic rings. The molecule has 7 heteroatoms. The summed E-state index contributed by atoms with van der Waals surface area (Å²) in [7, 11) is 1.58. The Morgan fingerprint density at radius 3 is 2.79 bits per heavy atom. The number of hydrogen-bond acceptors (Lipinski definition) is 5. The SMILES string of the molecule is COCCCN1C(=O)c2ccc(C(=O)N3CCc4sccc4C3C)cc2C1=O. The second-order valence-corrected chi connectivity index (χ2v) is 8.09. The Hall–Kier alpha value is -2.51. The van der Waals surface area contributed by atoms with Gasteiger partial charge in [0.2, 0.25) is 0 Å². The van der Waals surface area contributed by atoms with Gasteiger partial charge in [-0.3, -0.25) is 19.3 Å². The summed E-state index contributed by atoms with van der Waals surface area (Å²) in [6, 6.07) is 6.90. The minimum atomic E-state index is -0.336. The van der Waals surface area contributed by atoms with Gasteiger partial charge >= 0.3 is 0 Å². The summed E-state index contributed by atoms with van der Waals surface area (Å²) in [5.74, 6) is -0.743. The molecular formula is C21H22N2O4S. The molecule has 0 fully saturated rings. The molecule has 1 unspecified atom stereocenters. The highest BCUT2D eigenvalue weighted by atomic mass is 32.1. The third kappa shape index (κ3) is 3.04. The fourth-order valence-corrected chi connectivity index (χ4v) is 4.91. The number of rotatable bonds is 5. The Balaban J connectivity index is 1.57. The summed E-state index contributed by atoms with van der Waals surface area (Å²) in [4.78, 5) is 42.7. The van der Waals surface area contributed by atoms with Crippen molar-refractivity contribution in [2.75, 3.05) is 26.8 Å². The maximum atomic E-state index is 13.1. The van der Waals surface area contributed by atoms with Gasteiger partial charge < -0.3 is 9.64 Å². The molecule has 3 amide bonds. The largest absolute Gasteiger partial charge is 0.385 e. The van der Waals surface area contributed by atoms with E-state index < -0.39 is 0 Å². The van der Waals surface area contributed by atoms with Crippen molar-refractivity contribution < 1.29 is 19.1 Å². The molecule has 146 valence electrons. The maximum Gasteiger partial charge on any atom is 0.261 e.